The Morgan fingerprint density at radius 2 is 1.90 bits per heavy atom. The van der Waals surface area contributed by atoms with Gasteiger partial charge in [0.15, 0.2) is 0 Å². The second-order valence-corrected chi connectivity index (χ2v) is 4.92. The van der Waals surface area contributed by atoms with Crippen molar-refractivity contribution in [3.8, 4) is 5.75 Å². The van der Waals surface area contributed by atoms with Crippen LogP contribution in [0.2, 0.25) is 0 Å². The van der Waals surface area contributed by atoms with Crippen LogP contribution < -0.4 is 10.1 Å². The third-order valence-corrected chi connectivity index (χ3v) is 3.54. The lowest BCUT2D eigenvalue weighted by Gasteiger charge is -2.28. The van der Waals surface area contributed by atoms with E-state index in [0.29, 0.717) is 30.8 Å². The Hall–Kier alpha value is -2.04. The van der Waals surface area contributed by atoms with Crippen LogP contribution in [0.15, 0.2) is 24.3 Å². The van der Waals surface area contributed by atoms with Gasteiger partial charge < -0.3 is 15.2 Å². The predicted molar refractivity (Wildman–Crippen MR) is 80.6 cm³/mol. The average molecular weight is 293 g/mol. The summed E-state index contributed by atoms with van der Waals surface area (Å²) in [5.74, 6) is -0.805. The molecule has 116 valence electrons. The van der Waals surface area contributed by atoms with Crippen LogP contribution in [0.25, 0.3) is 0 Å². The fraction of sp³-hybridized carbons (Fsp3) is 0.500. The molecule has 5 heteroatoms. The number of hydrogen-bond donors (Lipinski definition) is 2. The lowest BCUT2D eigenvalue weighted by Crippen LogP contribution is -2.53. The predicted octanol–water partition coefficient (Wildman–Crippen LogP) is 2.85. The van der Waals surface area contributed by atoms with E-state index in [-0.39, 0.29) is 0 Å². The van der Waals surface area contributed by atoms with Gasteiger partial charge in [0.25, 0.3) is 5.91 Å². The van der Waals surface area contributed by atoms with Crippen molar-refractivity contribution in [2.45, 2.75) is 45.6 Å². The van der Waals surface area contributed by atoms with Crippen molar-refractivity contribution in [2.24, 2.45) is 0 Å². The second kappa shape index (κ2) is 7.67. The minimum absolute atomic E-state index is 0.330. The van der Waals surface area contributed by atoms with E-state index in [1.807, 2.05) is 6.92 Å². The molecule has 0 saturated heterocycles. The van der Waals surface area contributed by atoms with Crippen LogP contribution in [0.5, 0.6) is 5.75 Å². The van der Waals surface area contributed by atoms with Gasteiger partial charge >= 0.3 is 5.97 Å². The number of benzene rings is 1. The number of aliphatic carboxylic acids is 1. The van der Waals surface area contributed by atoms with Gasteiger partial charge in [0.1, 0.15) is 11.3 Å². The number of carbonyl (C=O) groups excluding carboxylic acids is 1. The van der Waals surface area contributed by atoms with Crippen molar-refractivity contribution < 1.29 is 19.4 Å². The minimum atomic E-state index is -1.22. The molecule has 2 N–H and O–H groups in total. The molecule has 0 atom stereocenters. The summed E-state index contributed by atoms with van der Waals surface area (Å²) in [6, 6.07) is 6.77. The van der Waals surface area contributed by atoms with Crippen molar-refractivity contribution in [2.75, 3.05) is 6.61 Å². The van der Waals surface area contributed by atoms with Gasteiger partial charge in [0, 0.05) is 5.56 Å². The van der Waals surface area contributed by atoms with E-state index in [4.69, 9.17) is 4.74 Å². The first-order chi connectivity index (χ1) is 9.99. The summed E-state index contributed by atoms with van der Waals surface area (Å²) in [6.45, 7) is 6.08. The zero-order chi connectivity index (χ0) is 15.9. The smallest absolute Gasteiger partial charge is 0.329 e. The fourth-order valence-electron chi connectivity index (χ4n) is 2.02. The maximum atomic E-state index is 12.3. The van der Waals surface area contributed by atoms with Crippen LogP contribution in [-0.4, -0.2) is 29.1 Å². The molecular weight excluding hydrogens is 270 g/mol. The minimum Gasteiger partial charge on any atom is -0.494 e. The monoisotopic (exact) mass is 293 g/mol. The molecule has 0 unspecified atom stereocenters. The summed E-state index contributed by atoms with van der Waals surface area (Å²) in [5, 5.41) is 12.0. The number of ether oxygens (including phenoxy) is 1. The maximum absolute atomic E-state index is 12.3. The molecule has 1 rings (SSSR count). The van der Waals surface area contributed by atoms with Gasteiger partial charge in [0.05, 0.1) is 6.61 Å². The van der Waals surface area contributed by atoms with Gasteiger partial charge in [-0.05, 0) is 37.5 Å². The standard InChI is InChI=1S/C16H23NO4/c1-4-10-21-13-9-7-8-12(11-13)14(18)17-16(5-2,6-3)15(19)20/h7-9,11H,4-6,10H2,1-3H3,(H,17,18)(H,19,20). The highest BCUT2D eigenvalue weighted by Gasteiger charge is 2.36. The van der Waals surface area contributed by atoms with E-state index in [1.54, 1.807) is 38.1 Å². The topological polar surface area (TPSA) is 75.6 Å². The zero-order valence-electron chi connectivity index (χ0n) is 12.8. The Morgan fingerprint density at radius 3 is 2.43 bits per heavy atom. The molecule has 0 heterocycles. The molecule has 0 fully saturated rings. The van der Waals surface area contributed by atoms with Crippen molar-refractivity contribution in [3.63, 3.8) is 0 Å². The molecule has 0 saturated carbocycles. The number of carboxylic acids is 1. The van der Waals surface area contributed by atoms with E-state index in [2.05, 4.69) is 5.32 Å². The van der Waals surface area contributed by atoms with Gasteiger partial charge in [-0.2, -0.15) is 0 Å². The van der Waals surface area contributed by atoms with Crippen LogP contribution in [0, 0.1) is 0 Å². The Labute approximate surface area is 125 Å². The average Bonchev–Trinajstić information content (AvgIpc) is 2.50. The van der Waals surface area contributed by atoms with Crippen LogP contribution in [0.4, 0.5) is 0 Å². The lowest BCUT2D eigenvalue weighted by molar-refractivity contribution is -0.144. The van der Waals surface area contributed by atoms with Crippen molar-refractivity contribution in [1.82, 2.24) is 5.32 Å². The molecule has 0 bridgehead atoms. The summed E-state index contributed by atoms with van der Waals surface area (Å²) >= 11 is 0. The Morgan fingerprint density at radius 1 is 1.24 bits per heavy atom. The quantitative estimate of drug-likeness (QED) is 0.772. The SMILES string of the molecule is CCCOc1cccc(C(=O)NC(CC)(CC)C(=O)O)c1. The van der Waals surface area contributed by atoms with Crippen LogP contribution in [-0.2, 0) is 4.79 Å². The van der Waals surface area contributed by atoms with Crippen LogP contribution >= 0.6 is 0 Å². The highest BCUT2D eigenvalue weighted by Crippen LogP contribution is 2.18. The van der Waals surface area contributed by atoms with Crippen LogP contribution in [0.1, 0.15) is 50.4 Å². The van der Waals surface area contributed by atoms with E-state index in [1.165, 1.54) is 0 Å². The van der Waals surface area contributed by atoms with Gasteiger partial charge in [-0.15, -0.1) is 0 Å². The van der Waals surface area contributed by atoms with E-state index < -0.39 is 17.4 Å². The molecule has 1 aromatic carbocycles. The molecule has 0 aromatic heterocycles. The first kappa shape index (κ1) is 17.0. The number of hydrogen-bond acceptors (Lipinski definition) is 3. The Bertz CT molecular complexity index is 495. The number of carbonyl (C=O) groups is 2. The molecule has 0 aliphatic carbocycles. The van der Waals surface area contributed by atoms with Crippen molar-refractivity contribution in [1.29, 1.82) is 0 Å². The first-order valence-electron chi connectivity index (χ1n) is 7.27. The molecule has 1 amide bonds. The second-order valence-electron chi connectivity index (χ2n) is 4.92. The number of amides is 1. The largest absolute Gasteiger partial charge is 0.494 e. The highest BCUT2D eigenvalue weighted by molar-refractivity contribution is 5.98. The maximum Gasteiger partial charge on any atom is 0.329 e. The van der Waals surface area contributed by atoms with Gasteiger partial charge in [-0.25, -0.2) is 4.79 Å². The van der Waals surface area contributed by atoms with Crippen molar-refractivity contribution >= 4 is 11.9 Å². The molecule has 0 spiro atoms. The van der Waals surface area contributed by atoms with Gasteiger partial charge in [0.2, 0.25) is 0 Å². The number of nitrogens with one attached hydrogen (secondary N) is 1. The summed E-state index contributed by atoms with van der Waals surface area (Å²) in [7, 11) is 0. The number of rotatable bonds is 8. The third-order valence-electron chi connectivity index (χ3n) is 3.54. The lowest BCUT2D eigenvalue weighted by atomic mass is 9.92. The van der Waals surface area contributed by atoms with E-state index in [0.717, 1.165) is 6.42 Å². The molecule has 5 nitrogen and oxygen atoms in total. The molecule has 0 radical (unpaired) electrons. The van der Waals surface area contributed by atoms with Crippen molar-refractivity contribution in [3.05, 3.63) is 29.8 Å². The Balaban J connectivity index is 2.90. The summed E-state index contributed by atoms with van der Waals surface area (Å²) in [6.07, 6.45) is 1.54. The molecule has 0 aliphatic heterocycles. The van der Waals surface area contributed by atoms with E-state index >= 15 is 0 Å². The molecule has 0 aliphatic rings. The summed E-state index contributed by atoms with van der Waals surface area (Å²) in [5.41, 5.74) is -0.826. The third kappa shape index (κ3) is 4.21. The summed E-state index contributed by atoms with van der Waals surface area (Å²) < 4.78 is 5.48. The van der Waals surface area contributed by atoms with Gasteiger partial charge in [-0.1, -0.05) is 26.8 Å². The Kier molecular flexibility index (Phi) is 6.21. The first-order valence-corrected chi connectivity index (χ1v) is 7.27. The molecule has 21 heavy (non-hydrogen) atoms. The summed E-state index contributed by atoms with van der Waals surface area (Å²) in [4.78, 5) is 23.7. The normalized spacial score (nSPS) is 11.0. The highest BCUT2D eigenvalue weighted by atomic mass is 16.5. The zero-order valence-corrected chi connectivity index (χ0v) is 12.8. The molecule has 1 aromatic rings. The van der Waals surface area contributed by atoms with Gasteiger partial charge in [-0.3, -0.25) is 4.79 Å². The van der Waals surface area contributed by atoms with Crippen LogP contribution in [0.3, 0.4) is 0 Å². The number of carboxylic acid groups (broad SMARTS) is 1. The molecular formula is C16H23NO4. The van der Waals surface area contributed by atoms with E-state index in [9.17, 15) is 14.7 Å². The fourth-order valence-corrected chi connectivity index (χ4v) is 2.02.